The lowest BCUT2D eigenvalue weighted by molar-refractivity contribution is 0.467. The summed E-state index contributed by atoms with van der Waals surface area (Å²) < 4.78 is 0. The summed E-state index contributed by atoms with van der Waals surface area (Å²) in [4.78, 5) is 0. The van der Waals surface area contributed by atoms with Crippen LogP contribution in [0.4, 0.5) is 0 Å². The molecule has 3 aromatic rings. The standard InChI is InChI=1S/C32H42O2/c1-29(2,3)27-19-23(33)14-16-25(27)31(7,8)21-12-11-13-22(18-21)32(9,10)26-17-15-24(34)20-28(26)30(4,5)6/h11-20,33-34H,1-10H3. The van der Waals surface area contributed by atoms with Crippen LogP contribution in [0.1, 0.15) is 103 Å². The number of rotatable bonds is 4. The van der Waals surface area contributed by atoms with Gasteiger partial charge in [-0.05, 0) is 68.5 Å². The zero-order valence-electron chi connectivity index (χ0n) is 22.7. The van der Waals surface area contributed by atoms with Crippen LogP contribution in [-0.2, 0) is 21.7 Å². The summed E-state index contributed by atoms with van der Waals surface area (Å²) in [7, 11) is 0. The zero-order valence-corrected chi connectivity index (χ0v) is 22.7. The number of aromatic hydroxyl groups is 2. The van der Waals surface area contributed by atoms with Crippen molar-refractivity contribution < 1.29 is 10.2 Å². The second-order valence-corrected chi connectivity index (χ2v) is 12.8. The van der Waals surface area contributed by atoms with Gasteiger partial charge < -0.3 is 10.2 Å². The molecule has 2 heteroatoms. The fraction of sp³-hybridized carbons (Fsp3) is 0.438. The molecular formula is C32H42O2. The molecule has 2 N–H and O–H groups in total. The molecule has 3 aromatic carbocycles. The Morgan fingerprint density at radius 2 is 0.794 bits per heavy atom. The average molecular weight is 459 g/mol. The van der Waals surface area contributed by atoms with Crippen LogP contribution in [0.15, 0.2) is 60.7 Å². The van der Waals surface area contributed by atoms with Crippen molar-refractivity contribution in [2.45, 2.75) is 90.9 Å². The van der Waals surface area contributed by atoms with Crippen molar-refractivity contribution in [1.82, 2.24) is 0 Å². The first kappa shape index (κ1) is 25.9. The van der Waals surface area contributed by atoms with Gasteiger partial charge in [-0.25, -0.2) is 0 Å². The maximum absolute atomic E-state index is 10.2. The minimum atomic E-state index is -0.246. The van der Waals surface area contributed by atoms with Crippen LogP contribution in [0.2, 0.25) is 0 Å². The van der Waals surface area contributed by atoms with Gasteiger partial charge in [0.25, 0.3) is 0 Å². The molecular weight excluding hydrogens is 416 g/mol. The average Bonchev–Trinajstić information content (AvgIpc) is 2.72. The third-order valence-corrected chi connectivity index (χ3v) is 7.27. The van der Waals surface area contributed by atoms with Crippen molar-refractivity contribution in [1.29, 1.82) is 0 Å². The molecule has 3 rings (SSSR count). The Morgan fingerprint density at radius 3 is 1.12 bits per heavy atom. The number of benzene rings is 3. The summed E-state index contributed by atoms with van der Waals surface area (Å²) in [5, 5.41) is 20.4. The van der Waals surface area contributed by atoms with E-state index in [1.54, 1.807) is 12.1 Å². The van der Waals surface area contributed by atoms with Gasteiger partial charge in [-0.1, -0.05) is 106 Å². The molecule has 0 heterocycles. The fourth-order valence-corrected chi connectivity index (χ4v) is 5.00. The van der Waals surface area contributed by atoms with Gasteiger partial charge in [0.2, 0.25) is 0 Å². The van der Waals surface area contributed by atoms with Crippen molar-refractivity contribution in [3.05, 3.63) is 94.0 Å². The molecule has 0 aliphatic carbocycles. The molecule has 182 valence electrons. The van der Waals surface area contributed by atoms with Crippen LogP contribution in [0, 0.1) is 0 Å². The van der Waals surface area contributed by atoms with Gasteiger partial charge in [0, 0.05) is 10.8 Å². The van der Waals surface area contributed by atoms with Crippen LogP contribution in [0.5, 0.6) is 11.5 Å². The maximum atomic E-state index is 10.2. The van der Waals surface area contributed by atoms with E-state index in [1.807, 2.05) is 12.1 Å². The smallest absolute Gasteiger partial charge is 0.115 e. The molecule has 0 aromatic heterocycles. The highest BCUT2D eigenvalue weighted by Gasteiger charge is 2.33. The third kappa shape index (κ3) is 4.87. The van der Waals surface area contributed by atoms with E-state index in [9.17, 15) is 10.2 Å². The van der Waals surface area contributed by atoms with Gasteiger partial charge in [-0.15, -0.1) is 0 Å². The Labute approximate surface area is 206 Å². The largest absolute Gasteiger partial charge is 0.508 e. The van der Waals surface area contributed by atoms with E-state index in [0.717, 1.165) is 11.1 Å². The fourth-order valence-electron chi connectivity index (χ4n) is 5.00. The number of phenols is 2. The monoisotopic (exact) mass is 458 g/mol. The molecule has 0 unspecified atom stereocenters. The highest BCUT2D eigenvalue weighted by atomic mass is 16.3. The van der Waals surface area contributed by atoms with E-state index in [-0.39, 0.29) is 21.7 Å². The number of phenolic OH excluding ortho intramolecular Hbond substituents is 2. The van der Waals surface area contributed by atoms with E-state index in [2.05, 4.69) is 106 Å². The van der Waals surface area contributed by atoms with Crippen LogP contribution in [0.3, 0.4) is 0 Å². The van der Waals surface area contributed by atoms with Crippen molar-refractivity contribution in [2.24, 2.45) is 0 Å². The molecule has 2 nitrogen and oxygen atoms in total. The molecule has 0 saturated carbocycles. The first-order chi connectivity index (χ1) is 15.5. The predicted octanol–water partition coefficient (Wildman–Crippen LogP) is 8.34. The van der Waals surface area contributed by atoms with Crippen LogP contribution >= 0.6 is 0 Å². The molecule has 0 bridgehead atoms. The molecule has 0 fully saturated rings. The minimum Gasteiger partial charge on any atom is -0.508 e. The summed E-state index contributed by atoms with van der Waals surface area (Å²) in [5.41, 5.74) is 6.60. The lowest BCUT2D eigenvalue weighted by Gasteiger charge is -2.36. The summed E-state index contributed by atoms with van der Waals surface area (Å²) in [5.74, 6) is 0.614. The number of hydrogen-bond donors (Lipinski definition) is 2. The van der Waals surface area contributed by atoms with Gasteiger partial charge in [-0.3, -0.25) is 0 Å². The van der Waals surface area contributed by atoms with E-state index in [0.29, 0.717) is 11.5 Å². The Balaban J connectivity index is 2.17. The Bertz CT molecular complexity index is 1090. The molecule has 0 radical (unpaired) electrons. The van der Waals surface area contributed by atoms with E-state index >= 15 is 0 Å². The quantitative estimate of drug-likeness (QED) is 0.412. The van der Waals surface area contributed by atoms with Gasteiger partial charge in [0.15, 0.2) is 0 Å². The maximum Gasteiger partial charge on any atom is 0.115 e. The molecule has 0 aliphatic heterocycles. The van der Waals surface area contributed by atoms with E-state index in [4.69, 9.17) is 0 Å². The Morgan fingerprint density at radius 1 is 0.441 bits per heavy atom. The molecule has 34 heavy (non-hydrogen) atoms. The molecule has 0 atom stereocenters. The SMILES string of the molecule is CC(C)(C)c1cc(O)ccc1C(C)(C)c1cccc(C(C)(C)c2ccc(O)cc2C(C)(C)C)c1. The molecule has 0 amide bonds. The Kier molecular flexibility index (Phi) is 6.46. The van der Waals surface area contributed by atoms with Gasteiger partial charge >= 0.3 is 0 Å². The Hall–Kier alpha value is -2.74. The van der Waals surface area contributed by atoms with Crippen LogP contribution in [-0.4, -0.2) is 10.2 Å². The minimum absolute atomic E-state index is 0.0874. The summed E-state index contributed by atoms with van der Waals surface area (Å²) in [6, 6.07) is 20.5. The van der Waals surface area contributed by atoms with Gasteiger partial charge in [-0.2, -0.15) is 0 Å². The first-order valence-corrected chi connectivity index (χ1v) is 12.2. The van der Waals surface area contributed by atoms with Crippen LogP contribution in [0.25, 0.3) is 0 Å². The highest BCUT2D eigenvalue weighted by Crippen LogP contribution is 2.43. The lowest BCUT2D eigenvalue weighted by atomic mass is 9.68. The second-order valence-electron chi connectivity index (χ2n) is 12.8. The van der Waals surface area contributed by atoms with Crippen molar-refractivity contribution in [3.8, 4) is 11.5 Å². The summed E-state index contributed by atoms with van der Waals surface area (Å²) in [6.07, 6.45) is 0. The van der Waals surface area contributed by atoms with Gasteiger partial charge in [0.05, 0.1) is 0 Å². The van der Waals surface area contributed by atoms with E-state index < -0.39 is 0 Å². The van der Waals surface area contributed by atoms with Crippen LogP contribution < -0.4 is 0 Å². The molecule has 0 spiro atoms. The molecule has 0 saturated heterocycles. The first-order valence-electron chi connectivity index (χ1n) is 12.2. The summed E-state index contributed by atoms with van der Waals surface area (Å²) in [6.45, 7) is 22.2. The van der Waals surface area contributed by atoms with E-state index in [1.165, 1.54) is 22.3 Å². The number of hydrogen-bond acceptors (Lipinski definition) is 2. The zero-order chi connectivity index (χ0) is 25.7. The second kappa shape index (κ2) is 8.48. The summed E-state index contributed by atoms with van der Waals surface area (Å²) >= 11 is 0. The van der Waals surface area contributed by atoms with Gasteiger partial charge in [0.1, 0.15) is 11.5 Å². The predicted molar refractivity (Wildman–Crippen MR) is 144 cm³/mol. The highest BCUT2D eigenvalue weighted by molar-refractivity contribution is 5.52. The molecule has 0 aliphatic rings. The normalized spacial score (nSPS) is 13.2. The van der Waals surface area contributed by atoms with Crippen molar-refractivity contribution in [2.75, 3.05) is 0 Å². The topological polar surface area (TPSA) is 40.5 Å². The lowest BCUT2D eigenvalue weighted by Crippen LogP contribution is -2.28. The third-order valence-electron chi connectivity index (χ3n) is 7.27. The van der Waals surface area contributed by atoms with Crippen molar-refractivity contribution >= 4 is 0 Å². The van der Waals surface area contributed by atoms with Crippen molar-refractivity contribution in [3.63, 3.8) is 0 Å².